The Hall–Kier alpha value is -1.88. The number of fused-ring (bicyclic) bond motifs is 2. The van der Waals surface area contributed by atoms with Crippen molar-refractivity contribution < 1.29 is 14.3 Å². The SMILES string of the molecule is COC(=O)[C@@H]1C2CC[C@H](C[C@@H]1c1ccc(NC(C)=O)cc1)N2C. The Morgan fingerprint density at radius 3 is 2.52 bits per heavy atom. The molecule has 124 valence electrons. The van der Waals surface area contributed by atoms with Gasteiger partial charge in [0.2, 0.25) is 5.91 Å². The molecule has 1 aromatic carbocycles. The van der Waals surface area contributed by atoms with Crippen molar-refractivity contribution >= 4 is 17.6 Å². The van der Waals surface area contributed by atoms with Crippen molar-refractivity contribution in [3.05, 3.63) is 29.8 Å². The number of carbonyl (C=O) groups excluding carboxylic acids is 2. The van der Waals surface area contributed by atoms with Gasteiger partial charge in [0, 0.05) is 30.6 Å². The molecule has 0 aliphatic carbocycles. The van der Waals surface area contributed by atoms with Gasteiger partial charge >= 0.3 is 5.97 Å². The smallest absolute Gasteiger partial charge is 0.310 e. The van der Waals surface area contributed by atoms with Gasteiger partial charge in [0.1, 0.15) is 0 Å². The number of anilines is 1. The molecule has 5 nitrogen and oxygen atoms in total. The maximum absolute atomic E-state index is 12.4. The number of benzene rings is 1. The maximum Gasteiger partial charge on any atom is 0.310 e. The Kier molecular flexibility index (Phi) is 4.39. The van der Waals surface area contributed by atoms with Crippen LogP contribution in [-0.2, 0) is 14.3 Å². The summed E-state index contributed by atoms with van der Waals surface area (Å²) < 4.78 is 5.09. The van der Waals surface area contributed by atoms with Gasteiger partial charge in [-0.1, -0.05) is 12.1 Å². The summed E-state index contributed by atoms with van der Waals surface area (Å²) in [6.45, 7) is 1.50. The number of ether oxygens (including phenoxy) is 1. The molecule has 1 aromatic rings. The van der Waals surface area contributed by atoms with Crippen LogP contribution in [0, 0.1) is 5.92 Å². The molecular weight excluding hydrogens is 292 g/mol. The molecule has 2 heterocycles. The van der Waals surface area contributed by atoms with E-state index in [1.54, 1.807) is 0 Å². The number of hydrogen-bond donors (Lipinski definition) is 1. The van der Waals surface area contributed by atoms with E-state index < -0.39 is 0 Å². The van der Waals surface area contributed by atoms with Crippen LogP contribution in [0.2, 0.25) is 0 Å². The van der Waals surface area contributed by atoms with Crippen LogP contribution in [-0.4, -0.2) is 43.0 Å². The molecule has 1 amide bonds. The van der Waals surface area contributed by atoms with Gasteiger partial charge < -0.3 is 10.1 Å². The van der Waals surface area contributed by atoms with E-state index in [0.29, 0.717) is 6.04 Å². The zero-order valence-corrected chi connectivity index (χ0v) is 13.9. The van der Waals surface area contributed by atoms with Crippen LogP contribution >= 0.6 is 0 Å². The molecule has 0 radical (unpaired) electrons. The van der Waals surface area contributed by atoms with Crippen molar-refractivity contribution in [2.75, 3.05) is 19.5 Å². The normalized spacial score (nSPS) is 30.0. The monoisotopic (exact) mass is 316 g/mol. The molecule has 3 rings (SSSR count). The van der Waals surface area contributed by atoms with E-state index in [2.05, 4.69) is 17.3 Å². The number of amides is 1. The van der Waals surface area contributed by atoms with E-state index in [9.17, 15) is 9.59 Å². The molecule has 4 atom stereocenters. The molecule has 0 saturated carbocycles. The van der Waals surface area contributed by atoms with Crippen molar-refractivity contribution in [2.24, 2.45) is 5.92 Å². The number of methoxy groups -OCH3 is 1. The topological polar surface area (TPSA) is 58.6 Å². The Morgan fingerprint density at radius 2 is 1.91 bits per heavy atom. The van der Waals surface area contributed by atoms with Crippen LogP contribution in [0.15, 0.2) is 24.3 Å². The Morgan fingerprint density at radius 1 is 1.22 bits per heavy atom. The van der Waals surface area contributed by atoms with Gasteiger partial charge in [-0.25, -0.2) is 0 Å². The number of nitrogens with zero attached hydrogens (tertiary/aromatic N) is 1. The van der Waals surface area contributed by atoms with Crippen LogP contribution in [0.4, 0.5) is 5.69 Å². The van der Waals surface area contributed by atoms with Crippen LogP contribution in [0.3, 0.4) is 0 Å². The lowest BCUT2D eigenvalue weighted by Crippen LogP contribution is -2.49. The number of hydrogen-bond acceptors (Lipinski definition) is 4. The van der Waals surface area contributed by atoms with Crippen LogP contribution in [0.25, 0.3) is 0 Å². The second-order valence-electron chi connectivity index (χ2n) is 6.66. The average Bonchev–Trinajstić information content (AvgIpc) is 2.77. The van der Waals surface area contributed by atoms with Gasteiger partial charge in [0.15, 0.2) is 0 Å². The van der Waals surface area contributed by atoms with Gasteiger partial charge in [-0.05, 0) is 44.0 Å². The minimum atomic E-state index is -0.115. The summed E-state index contributed by atoms with van der Waals surface area (Å²) in [5.41, 5.74) is 1.94. The first kappa shape index (κ1) is 16.0. The van der Waals surface area contributed by atoms with Crippen molar-refractivity contribution in [1.29, 1.82) is 0 Å². The fourth-order valence-corrected chi connectivity index (χ4v) is 4.28. The Balaban J connectivity index is 1.87. The molecule has 5 heteroatoms. The summed E-state index contributed by atoms with van der Waals surface area (Å²) in [5.74, 6) is -0.126. The first-order chi connectivity index (χ1) is 11.0. The molecule has 23 heavy (non-hydrogen) atoms. The maximum atomic E-state index is 12.4. The molecular formula is C18H24N2O3. The second-order valence-corrected chi connectivity index (χ2v) is 6.66. The summed E-state index contributed by atoms with van der Waals surface area (Å²) in [7, 11) is 3.59. The number of nitrogens with one attached hydrogen (secondary N) is 1. The van der Waals surface area contributed by atoms with E-state index in [-0.39, 0.29) is 29.8 Å². The first-order valence-corrected chi connectivity index (χ1v) is 8.18. The second kappa shape index (κ2) is 6.32. The average molecular weight is 316 g/mol. The predicted molar refractivity (Wildman–Crippen MR) is 88.2 cm³/mol. The highest BCUT2D eigenvalue weighted by molar-refractivity contribution is 5.88. The Bertz CT molecular complexity index is 599. The molecule has 2 bridgehead atoms. The molecule has 2 aliphatic rings. The number of piperidine rings is 1. The van der Waals surface area contributed by atoms with Gasteiger partial charge in [-0.15, -0.1) is 0 Å². The van der Waals surface area contributed by atoms with Crippen LogP contribution in [0.1, 0.15) is 37.7 Å². The molecule has 1 unspecified atom stereocenters. The van der Waals surface area contributed by atoms with Gasteiger partial charge in [0.25, 0.3) is 0 Å². The fourth-order valence-electron chi connectivity index (χ4n) is 4.28. The van der Waals surface area contributed by atoms with E-state index >= 15 is 0 Å². The lowest BCUT2D eigenvalue weighted by Gasteiger charge is -2.41. The van der Waals surface area contributed by atoms with Crippen molar-refractivity contribution in [1.82, 2.24) is 4.90 Å². The van der Waals surface area contributed by atoms with E-state index in [4.69, 9.17) is 4.74 Å². The molecule has 0 spiro atoms. The third kappa shape index (κ3) is 2.98. The number of carbonyl (C=O) groups is 2. The molecule has 0 aromatic heterocycles. The van der Waals surface area contributed by atoms with E-state index in [0.717, 1.165) is 30.5 Å². The molecule has 2 saturated heterocycles. The molecule has 1 N–H and O–H groups in total. The lowest BCUT2D eigenvalue weighted by molar-refractivity contribution is -0.150. The first-order valence-electron chi connectivity index (χ1n) is 8.18. The third-order valence-electron chi connectivity index (χ3n) is 5.40. The molecule has 2 aliphatic heterocycles. The largest absolute Gasteiger partial charge is 0.469 e. The number of rotatable bonds is 3. The Labute approximate surface area is 137 Å². The van der Waals surface area contributed by atoms with E-state index in [1.165, 1.54) is 14.0 Å². The highest BCUT2D eigenvalue weighted by Crippen LogP contribution is 2.46. The van der Waals surface area contributed by atoms with Crippen molar-refractivity contribution in [2.45, 2.75) is 44.2 Å². The van der Waals surface area contributed by atoms with Crippen molar-refractivity contribution in [3.63, 3.8) is 0 Å². The zero-order valence-electron chi connectivity index (χ0n) is 13.9. The standard InChI is InChI=1S/C18H24N2O3/c1-11(21)19-13-6-4-12(5-7-13)15-10-14-8-9-16(20(14)2)17(15)18(22)23-3/h4-7,14-17H,8-10H2,1-3H3,(H,19,21)/t14-,15-,16?,17+/m1/s1. The minimum Gasteiger partial charge on any atom is -0.469 e. The third-order valence-corrected chi connectivity index (χ3v) is 5.40. The summed E-state index contributed by atoms with van der Waals surface area (Å²) in [5, 5.41) is 2.78. The fraction of sp³-hybridized carbons (Fsp3) is 0.556. The summed E-state index contributed by atoms with van der Waals surface area (Å²) >= 11 is 0. The summed E-state index contributed by atoms with van der Waals surface area (Å²) in [4.78, 5) is 25.9. The number of esters is 1. The van der Waals surface area contributed by atoms with Crippen LogP contribution in [0.5, 0.6) is 0 Å². The van der Waals surface area contributed by atoms with Gasteiger partial charge in [-0.3, -0.25) is 14.5 Å². The molecule has 2 fully saturated rings. The minimum absolute atomic E-state index is 0.0810. The predicted octanol–water partition coefficient (Wildman–Crippen LogP) is 2.38. The van der Waals surface area contributed by atoms with Gasteiger partial charge in [0.05, 0.1) is 13.0 Å². The van der Waals surface area contributed by atoms with Crippen molar-refractivity contribution in [3.8, 4) is 0 Å². The highest BCUT2D eigenvalue weighted by Gasteiger charge is 2.49. The van der Waals surface area contributed by atoms with Gasteiger partial charge in [-0.2, -0.15) is 0 Å². The quantitative estimate of drug-likeness (QED) is 0.870. The highest BCUT2D eigenvalue weighted by atomic mass is 16.5. The summed E-state index contributed by atoms with van der Waals surface area (Å²) in [6, 6.07) is 8.67. The lowest BCUT2D eigenvalue weighted by atomic mass is 9.76. The zero-order chi connectivity index (χ0) is 16.6. The van der Waals surface area contributed by atoms with Crippen LogP contribution < -0.4 is 5.32 Å². The summed E-state index contributed by atoms with van der Waals surface area (Å²) in [6.07, 6.45) is 3.18. The van der Waals surface area contributed by atoms with E-state index in [1.807, 2.05) is 24.3 Å².